The molecule has 4 N–H and O–H groups in total. The SMILES string of the molecule is CC(C)(O)Cn1cc(-c2nc(Nc3ccc(S(=O)(=O)NCCOCc4cn(CCOCCOCCOc5ccc(C6CCC(=O)NC6=O)cc5)nn4)cc3F)ncc2C(F)(F)F)cn1. The lowest BCUT2D eigenvalue weighted by atomic mass is 9.90. The smallest absolute Gasteiger partial charge is 0.419 e. The number of hydrogen-bond acceptors (Lipinski definition) is 15. The second-order valence-corrected chi connectivity index (χ2v) is 16.8. The summed E-state index contributed by atoms with van der Waals surface area (Å²) in [5, 5.41) is 26.9. The fraction of sp³-hybridized carbons (Fsp3) is 0.425. The normalized spacial score (nSPS) is 14.8. The number of amides is 2. The Morgan fingerprint density at radius 3 is 2.41 bits per heavy atom. The Labute approximate surface area is 364 Å². The number of anilines is 2. The number of halogens is 4. The number of sulfonamides is 1. The molecule has 344 valence electrons. The molecule has 1 saturated heterocycles. The Kier molecular flexibility index (Phi) is 15.7. The number of piperidine rings is 1. The summed E-state index contributed by atoms with van der Waals surface area (Å²) >= 11 is 0. The average Bonchev–Trinajstić information content (AvgIpc) is 3.89. The standard InChI is InChI=1S/C40H46F4N10O9S/c1-39(2,57)25-54-22-27(20-46-54)36-32(40(42,43)44)21-45-38(50-36)48-34-9-7-30(19-33(34)41)64(58,59)47-11-13-62-24-28-23-53(52-51-28)12-14-60-15-16-61-17-18-63-29-5-3-26(4-6-29)31-8-10-35(55)49-37(31)56/h3-7,9,19-23,31,47,57H,8,10-18,24-25H2,1-2H3,(H,45,48,50)(H,49,55,56). The van der Waals surface area contributed by atoms with Gasteiger partial charge in [0.25, 0.3) is 0 Å². The quantitative estimate of drug-likeness (QED) is 0.0415. The fourth-order valence-electron chi connectivity index (χ4n) is 6.25. The molecule has 64 heavy (non-hydrogen) atoms. The van der Waals surface area contributed by atoms with E-state index < -0.39 is 49.7 Å². The van der Waals surface area contributed by atoms with Gasteiger partial charge in [-0.25, -0.2) is 32.2 Å². The molecule has 19 nitrogen and oxygen atoms in total. The fourth-order valence-corrected chi connectivity index (χ4v) is 7.28. The summed E-state index contributed by atoms with van der Waals surface area (Å²) in [6, 6.07) is 10.1. The van der Waals surface area contributed by atoms with Crippen molar-refractivity contribution in [1.29, 1.82) is 0 Å². The number of carbonyl (C=O) groups excluding carboxylic acids is 2. The van der Waals surface area contributed by atoms with E-state index in [1.54, 1.807) is 23.0 Å². The molecule has 1 unspecified atom stereocenters. The number of imide groups is 1. The van der Waals surface area contributed by atoms with Crippen LogP contribution in [-0.4, -0.2) is 112 Å². The molecule has 0 bridgehead atoms. The second kappa shape index (κ2) is 21.2. The van der Waals surface area contributed by atoms with E-state index in [9.17, 15) is 36.3 Å². The van der Waals surface area contributed by atoms with Gasteiger partial charge in [-0.15, -0.1) is 5.10 Å². The third-order valence-corrected chi connectivity index (χ3v) is 10.7. The van der Waals surface area contributed by atoms with Gasteiger partial charge in [-0.05, 0) is 56.2 Å². The lowest BCUT2D eigenvalue weighted by molar-refractivity contribution is -0.137. The van der Waals surface area contributed by atoms with Crippen molar-refractivity contribution in [3.05, 3.63) is 89.9 Å². The first-order valence-electron chi connectivity index (χ1n) is 19.9. The maximum atomic E-state index is 15.1. The zero-order chi connectivity index (χ0) is 45.9. The molecule has 5 aromatic rings. The number of aromatic nitrogens is 7. The van der Waals surface area contributed by atoms with Gasteiger partial charge in [0.15, 0.2) is 0 Å². The van der Waals surface area contributed by atoms with Crippen LogP contribution < -0.4 is 20.1 Å². The van der Waals surface area contributed by atoms with Crippen LogP contribution in [0, 0.1) is 5.82 Å². The van der Waals surface area contributed by atoms with Crippen molar-refractivity contribution < 1.29 is 59.6 Å². The first kappa shape index (κ1) is 47.6. The van der Waals surface area contributed by atoms with Gasteiger partial charge in [0.2, 0.25) is 27.8 Å². The minimum absolute atomic E-state index is 0.00839. The summed E-state index contributed by atoms with van der Waals surface area (Å²) in [7, 11) is -4.19. The number of ether oxygens (including phenoxy) is 4. The van der Waals surface area contributed by atoms with Gasteiger partial charge in [0, 0.05) is 30.9 Å². The van der Waals surface area contributed by atoms with E-state index in [1.807, 2.05) is 12.1 Å². The molecule has 24 heteroatoms. The highest BCUT2D eigenvalue weighted by atomic mass is 32.2. The maximum absolute atomic E-state index is 15.1. The molecule has 3 aromatic heterocycles. The molecular weight excluding hydrogens is 873 g/mol. The Bertz CT molecular complexity index is 2480. The van der Waals surface area contributed by atoms with Crippen molar-refractivity contribution in [1.82, 2.24) is 44.8 Å². The Balaban J connectivity index is 0.855. The van der Waals surface area contributed by atoms with Crippen molar-refractivity contribution in [3.63, 3.8) is 0 Å². The van der Waals surface area contributed by atoms with E-state index in [0.29, 0.717) is 70.1 Å². The van der Waals surface area contributed by atoms with Crippen molar-refractivity contribution in [2.45, 2.75) is 69.0 Å². The minimum Gasteiger partial charge on any atom is -0.491 e. The molecule has 1 atom stereocenters. The number of carbonyl (C=O) groups is 2. The maximum Gasteiger partial charge on any atom is 0.419 e. The third kappa shape index (κ3) is 13.8. The Morgan fingerprint density at radius 1 is 0.938 bits per heavy atom. The van der Waals surface area contributed by atoms with Gasteiger partial charge < -0.3 is 29.4 Å². The van der Waals surface area contributed by atoms with Gasteiger partial charge in [0.05, 0.1) is 92.9 Å². The van der Waals surface area contributed by atoms with Crippen LogP contribution in [-0.2, 0) is 59.7 Å². The number of nitrogens with zero attached hydrogens (tertiary/aromatic N) is 7. The monoisotopic (exact) mass is 918 g/mol. The van der Waals surface area contributed by atoms with Crippen LogP contribution in [0.2, 0.25) is 0 Å². The van der Waals surface area contributed by atoms with E-state index in [2.05, 4.69) is 40.7 Å². The topological polar surface area (TPSA) is 236 Å². The van der Waals surface area contributed by atoms with E-state index in [-0.39, 0.29) is 55.3 Å². The molecule has 0 radical (unpaired) electrons. The summed E-state index contributed by atoms with van der Waals surface area (Å²) < 4.78 is 110. The first-order chi connectivity index (χ1) is 30.4. The Morgan fingerprint density at radius 2 is 1.69 bits per heavy atom. The van der Waals surface area contributed by atoms with Crippen molar-refractivity contribution in [2.75, 3.05) is 51.5 Å². The molecule has 0 saturated carbocycles. The van der Waals surface area contributed by atoms with Crippen LogP contribution in [0.15, 0.2) is 72.1 Å². The van der Waals surface area contributed by atoms with Crippen LogP contribution in [0.4, 0.5) is 29.2 Å². The highest BCUT2D eigenvalue weighted by Crippen LogP contribution is 2.36. The van der Waals surface area contributed by atoms with E-state index in [1.165, 1.54) is 24.7 Å². The lowest BCUT2D eigenvalue weighted by Crippen LogP contribution is -2.39. The van der Waals surface area contributed by atoms with Gasteiger partial charge in [-0.3, -0.25) is 19.6 Å². The number of aliphatic hydroxyl groups is 1. The highest BCUT2D eigenvalue weighted by molar-refractivity contribution is 7.89. The zero-order valence-corrected chi connectivity index (χ0v) is 35.5. The van der Waals surface area contributed by atoms with Crippen LogP contribution in [0.5, 0.6) is 5.75 Å². The Hall–Kier alpha value is -5.92. The average molecular weight is 919 g/mol. The molecule has 2 aromatic carbocycles. The molecule has 0 aliphatic carbocycles. The molecule has 1 aliphatic heterocycles. The van der Waals surface area contributed by atoms with Gasteiger partial charge in [-0.1, -0.05) is 17.3 Å². The molecule has 4 heterocycles. The van der Waals surface area contributed by atoms with E-state index in [4.69, 9.17) is 18.9 Å². The van der Waals surface area contributed by atoms with Gasteiger partial charge in [-0.2, -0.15) is 18.3 Å². The van der Waals surface area contributed by atoms with Gasteiger partial charge >= 0.3 is 6.18 Å². The third-order valence-electron chi connectivity index (χ3n) is 9.28. The minimum atomic E-state index is -4.83. The summed E-state index contributed by atoms with van der Waals surface area (Å²) in [6.45, 7) is 4.93. The molecule has 0 spiro atoms. The largest absolute Gasteiger partial charge is 0.491 e. The van der Waals surface area contributed by atoms with Crippen molar-refractivity contribution >= 4 is 33.5 Å². The predicted molar refractivity (Wildman–Crippen MR) is 218 cm³/mol. The lowest BCUT2D eigenvalue weighted by Gasteiger charge is -2.21. The molecule has 2 amide bonds. The van der Waals surface area contributed by atoms with E-state index in [0.717, 1.165) is 30.0 Å². The molecule has 6 rings (SSSR count). The molecule has 1 aliphatic rings. The molecular formula is C40H46F4N10O9S. The van der Waals surface area contributed by atoms with Gasteiger partial charge in [0.1, 0.15) is 29.4 Å². The zero-order valence-electron chi connectivity index (χ0n) is 34.7. The molecule has 1 fully saturated rings. The van der Waals surface area contributed by atoms with Crippen molar-refractivity contribution in [3.8, 4) is 17.0 Å². The number of hydrogen-bond donors (Lipinski definition) is 4. The summed E-state index contributed by atoms with van der Waals surface area (Å²) in [5.74, 6) is -1.70. The number of rotatable bonds is 23. The van der Waals surface area contributed by atoms with Crippen LogP contribution in [0.3, 0.4) is 0 Å². The number of alkyl halides is 3. The predicted octanol–water partition coefficient (Wildman–Crippen LogP) is 3.73. The van der Waals surface area contributed by atoms with Crippen LogP contribution in [0.1, 0.15) is 49.4 Å². The van der Waals surface area contributed by atoms with E-state index >= 15 is 4.39 Å². The second-order valence-electron chi connectivity index (χ2n) is 15.0. The number of nitrogens with one attached hydrogen (secondary N) is 3. The first-order valence-corrected chi connectivity index (χ1v) is 21.4. The summed E-state index contributed by atoms with van der Waals surface area (Å²) in [4.78, 5) is 30.7. The van der Waals surface area contributed by atoms with Crippen LogP contribution >= 0.6 is 0 Å². The highest BCUT2D eigenvalue weighted by Gasteiger charge is 2.36. The summed E-state index contributed by atoms with van der Waals surface area (Å²) in [5.41, 5.74) is -1.91. The number of benzene rings is 2. The van der Waals surface area contributed by atoms with Crippen LogP contribution in [0.25, 0.3) is 11.3 Å². The summed E-state index contributed by atoms with van der Waals surface area (Å²) in [6.07, 6.45) is 0.580. The van der Waals surface area contributed by atoms with Crippen molar-refractivity contribution in [2.24, 2.45) is 0 Å².